The van der Waals surface area contributed by atoms with Crippen LogP contribution >= 0.6 is 23.2 Å². The van der Waals surface area contributed by atoms with Crippen LogP contribution in [0.4, 0.5) is 0 Å². The zero-order valence-corrected chi connectivity index (χ0v) is 12.8. The third-order valence-electron chi connectivity index (χ3n) is 2.97. The normalized spacial score (nSPS) is 10.6. The van der Waals surface area contributed by atoms with Gasteiger partial charge < -0.3 is 9.32 Å². The van der Waals surface area contributed by atoms with E-state index in [0.29, 0.717) is 16.6 Å². The van der Waals surface area contributed by atoms with Crippen molar-refractivity contribution >= 4 is 29.1 Å². The lowest BCUT2D eigenvalue weighted by atomic mass is 10.1. The lowest BCUT2D eigenvalue weighted by Gasteiger charge is -2.16. The van der Waals surface area contributed by atoms with Crippen molar-refractivity contribution in [1.82, 2.24) is 4.90 Å². The average Bonchev–Trinajstić information content (AvgIpc) is 2.78. The number of hydrogen-bond donors (Lipinski definition) is 0. The van der Waals surface area contributed by atoms with Gasteiger partial charge in [0.2, 0.25) is 5.91 Å². The number of benzene rings is 1. The third-order valence-corrected chi connectivity index (χ3v) is 3.56. The van der Waals surface area contributed by atoms with Gasteiger partial charge in [-0.3, -0.25) is 4.79 Å². The molecule has 1 aromatic heterocycles. The number of halogens is 2. The van der Waals surface area contributed by atoms with Crippen LogP contribution < -0.4 is 0 Å². The van der Waals surface area contributed by atoms with E-state index in [2.05, 4.69) is 0 Å². The second-order valence-electron chi connectivity index (χ2n) is 4.67. The Morgan fingerprint density at radius 3 is 2.60 bits per heavy atom. The van der Waals surface area contributed by atoms with Crippen LogP contribution in [0, 0.1) is 6.92 Å². The maximum Gasteiger partial charge on any atom is 0.227 e. The van der Waals surface area contributed by atoms with E-state index >= 15 is 0 Å². The highest BCUT2D eigenvalue weighted by Gasteiger charge is 2.13. The molecule has 0 atom stereocenters. The van der Waals surface area contributed by atoms with Crippen LogP contribution in [0.3, 0.4) is 0 Å². The first kappa shape index (κ1) is 14.9. The van der Waals surface area contributed by atoms with Crippen molar-refractivity contribution < 1.29 is 9.21 Å². The van der Waals surface area contributed by atoms with Crippen LogP contribution in [0.2, 0.25) is 10.0 Å². The maximum atomic E-state index is 12.2. The summed E-state index contributed by atoms with van der Waals surface area (Å²) >= 11 is 11.9. The zero-order valence-electron chi connectivity index (χ0n) is 11.3. The molecule has 5 heteroatoms. The topological polar surface area (TPSA) is 33.5 Å². The summed E-state index contributed by atoms with van der Waals surface area (Å²) in [4.78, 5) is 13.8. The summed E-state index contributed by atoms with van der Waals surface area (Å²) in [5, 5.41) is 1.07. The van der Waals surface area contributed by atoms with E-state index in [1.165, 1.54) is 0 Å². The molecule has 0 saturated heterocycles. The zero-order chi connectivity index (χ0) is 14.7. The van der Waals surface area contributed by atoms with Gasteiger partial charge in [-0.2, -0.15) is 0 Å². The summed E-state index contributed by atoms with van der Waals surface area (Å²) in [6.45, 7) is 2.32. The predicted molar refractivity (Wildman–Crippen MR) is 80.1 cm³/mol. The van der Waals surface area contributed by atoms with Crippen molar-refractivity contribution in [2.45, 2.75) is 19.9 Å². The van der Waals surface area contributed by atoms with E-state index in [1.54, 1.807) is 30.1 Å². The van der Waals surface area contributed by atoms with Gasteiger partial charge in [0.05, 0.1) is 13.0 Å². The lowest BCUT2D eigenvalue weighted by molar-refractivity contribution is -0.129. The Hall–Kier alpha value is -1.45. The summed E-state index contributed by atoms with van der Waals surface area (Å²) in [6.07, 6.45) is 0.242. The highest BCUT2D eigenvalue weighted by Crippen LogP contribution is 2.22. The fraction of sp³-hybridized carbons (Fsp3) is 0.267. The lowest BCUT2D eigenvalue weighted by Crippen LogP contribution is -2.27. The molecule has 1 aromatic carbocycles. The minimum Gasteiger partial charge on any atom is -0.464 e. The minimum atomic E-state index is -0.0247. The second kappa shape index (κ2) is 6.33. The average molecular weight is 312 g/mol. The number of amides is 1. The molecule has 106 valence electrons. The van der Waals surface area contributed by atoms with Gasteiger partial charge in [-0.1, -0.05) is 29.3 Å². The largest absolute Gasteiger partial charge is 0.464 e. The Kier molecular flexibility index (Phi) is 4.73. The number of rotatable bonds is 4. The molecule has 1 amide bonds. The molecule has 0 radical (unpaired) electrons. The Balaban J connectivity index is 2.00. The summed E-state index contributed by atoms with van der Waals surface area (Å²) in [5.74, 6) is 1.57. The number of carbonyl (C=O) groups is 1. The second-order valence-corrected chi connectivity index (χ2v) is 5.52. The first-order valence-electron chi connectivity index (χ1n) is 6.19. The van der Waals surface area contributed by atoms with Gasteiger partial charge in [0, 0.05) is 17.1 Å². The van der Waals surface area contributed by atoms with Crippen LogP contribution in [0.5, 0.6) is 0 Å². The van der Waals surface area contributed by atoms with Crippen LogP contribution in [-0.4, -0.2) is 17.9 Å². The quantitative estimate of drug-likeness (QED) is 0.852. The molecule has 0 unspecified atom stereocenters. The van der Waals surface area contributed by atoms with Gasteiger partial charge in [0.15, 0.2) is 0 Å². The van der Waals surface area contributed by atoms with Crippen LogP contribution in [0.15, 0.2) is 34.7 Å². The molecule has 2 aromatic rings. The van der Waals surface area contributed by atoms with Crippen molar-refractivity contribution in [2.24, 2.45) is 0 Å². The van der Waals surface area contributed by atoms with Crippen molar-refractivity contribution in [3.63, 3.8) is 0 Å². The molecule has 0 fully saturated rings. The van der Waals surface area contributed by atoms with E-state index in [-0.39, 0.29) is 12.3 Å². The van der Waals surface area contributed by atoms with E-state index < -0.39 is 0 Å². The number of aryl methyl sites for hydroxylation is 1. The number of hydrogen-bond acceptors (Lipinski definition) is 2. The standard InChI is InChI=1S/C15H15Cl2NO2/c1-10-3-6-13(20-10)9-18(2)15(19)7-11-4-5-12(16)8-14(11)17/h3-6,8H,7,9H2,1-2H3. The van der Waals surface area contributed by atoms with Gasteiger partial charge >= 0.3 is 0 Å². The first-order chi connectivity index (χ1) is 9.45. The molecule has 20 heavy (non-hydrogen) atoms. The van der Waals surface area contributed by atoms with Crippen LogP contribution in [0.25, 0.3) is 0 Å². The summed E-state index contributed by atoms with van der Waals surface area (Å²) in [6, 6.07) is 8.89. The molecule has 0 bridgehead atoms. The molecular weight excluding hydrogens is 297 g/mol. The monoisotopic (exact) mass is 311 g/mol. The third kappa shape index (κ3) is 3.78. The molecule has 0 aliphatic carbocycles. The van der Waals surface area contributed by atoms with Gasteiger partial charge in [0.1, 0.15) is 11.5 Å². The van der Waals surface area contributed by atoms with Crippen LogP contribution in [0.1, 0.15) is 17.1 Å². The molecule has 1 heterocycles. The molecule has 2 rings (SSSR count). The van der Waals surface area contributed by atoms with Gasteiger partial charge in [-0.05, 0) is 36.8 Å². The van der Waals surface area contributed by atoms with E-state index in [0.717, 1.165) is 17.1 Å². The summed E-state index contributed by atoms with van der Waals surface area (Å²) < 4.78 is 5.46. The van der Waals surface area contributed by atoms with E-state index in [4.69, 9.17) is 27.6 Å². The van der Waals surface area contributed by atoms with Gasteiger partial charge in [-0.25, -0.2) is 0 Å². The van der Waals surface area contributed by atoms with Gasteiger partial charge in [-0.15, -0.1) is 0 Å². The Morgan fingerprint density at radius 2 is 2.00 bits per heavy atom. The minimum absolute atomic E-state index is 0.0247. The number of likely N-dealkylation sites (N-methyl/N-ethyl adjacent to an activating group) is 1. The number of carbonyl (C=O) groups excluding carboxylic acids is 1. The molecular formula is C15H15Cl2NO2. The molecule has 0 aliphatic rings. The molecule has 3 nitrogen and oxygen atoms in total. The SMILES string of the molecule is Cc1ccc(CN(C)C(=O)Cc2ccc(Cl)cc2Cl)o1. The Bertz CT molecular complexity index is 622. The smallest absolute Gasteiger partial charge is 0.227 e. The number of nitrogens with zero attached hydrogens (tertiary/aromatic N) is 1. The molecule has 0 N–H and O–H groups in total. The Morgan fingerprint density at radius 1 is 1.25 bits per heavy atom. The van der Waals surface area contributed by atoms with Gasteiger partial charge in [0.25, 0.3) is 0 Å². The van der Waals surface area contributed by atoms with E-state index in [1.807, 2.05) is 19.1 Å². The summed E-state index contributed by atoms with van der Waals surface area (Å²) in [5.41, 5.74) is 0.767. The highest BCUT2D eigenvalue weighted by atomic mass is 35.5. The number of furan rings is 1. The summed E-state index contributed by atoms with van der Waals surface area (Å²) in [7, 11) is 1.74. The molecule has 0 spiro atoms. The molecule has 0 aliphatic heterocycles. The van der Waals surface area contributed by atoms with Crippen LogP contribution in [-0.2, 0) is 17.8 Å². The van der Waals surface area contributed by atoms with Crippen molar-refractivity contribution in [1.29, 1.82) is 0 Å². The predicted octanol–water partition coefficient (Wildman–Crippen LogP) is 4.10. The first-order valence-corrected chi connectivity index (χ1v) is 6.94. The van der Waals surface area contributed by atoms with Crippen molar-refractivity contribution in [3.05, 3.63) is 57.5 Å². The molecule has 0 saturated carbocycles. The van der Waals surface area contributed by atoms with E-state index in [9.17, 15) is 4.79 Å². The highest BCUT2D eigenvalue weighted by molar-refractivity contribution is 6.35. The maximum absolute atomic E-state index is 12.2. The van der Waals surface area contributed by atoms with Crippen molar-refractivity contribution in [2.75, 3.05) is 7.05 Å². The Labute approximate surface area is 128 Å². The fourth-order valence-electron chi connectivity index (χ4n) is 1.85. The van der Waals surface area contributed by atoms with Crippen molar-refractivity contribution in [3.8, 4) is 0 Å². The fourth-order valence-corrected chi connectivity index (χ4v) is 2.33.